The Morgan fingerprint density at radius 1 is 1.32 bits per heavy atom. The van der Waals surface area contributed by atoms with Crippen LogP contribution in [0.1, 0.15) is 13.8 Å². The summed E-state index contributed by atoms with van der Waals surface area (Å²) < 4.78 is 26.3. The summed E-state index contributed by atoms with van der Waals surface area (Å²) in [5, 5.41) is 13.3. The SMILES string of the molecule is COC(CNC(=O)NCC(C)(C)S(C)(=O)=O)C(=O)O. The molecule has 9 heteroatoms. The van der Waals surface area contributed by atoms with Gasteiger partial charge in [0, 0.05) is 19.9 Å². The number of nitrogens with one attached hydrogen (secondary N) is 2. The molecular formula is C10H20N2O6S. The van der Waals surface area contributed by atoms with Gasteiger partial charge >= 0.3 is 12.0 Å². The van der Waals surface area contributed by atoms with E-state index in [1.54, 1.807) is 0 Å². The maximum absolute atomic E-state index is 11.4. The first-order valence-corrected chi connectivity index (χ1v) is 7.37. The number of carbonyl (C=O) groups is 2. The predicted molar refractivity (Wildman–Crippen MR) is 68.8 cm³/mol. The number of hydrogen-bond donors (Lipinski definition) is 3. The van der Waals surface area contributed by atoms with E-state index in [-0.39, 0.29) is 13.1 Å². The van der Waals surface area contributed by atoms with E-state index < -0.39 is 32.7 Å². The minimum Gasteiger partial charge on any atom is -0.479 e. The van der Waals surface area contributed by atoms with Crippen LogP contribution in [0.2, 0.25) is 0 Å². The number of hydrogen-bond acceptors (Lipinski definition) is 5. The third-order valence-corrected chi connectivity index (χ3v) is 4.84. The highest BCUT2D eigenvalue weighted by Gasteiger charge is 2.30. The van der Waals surface area contributed by atoms with Gasteiger partial charge in [0.25, 0.3) is 0 Å². The van der Waals surface area contributed by atoms with Crippen LogP contribution in [0.15, 0.2) is 0 Å². The van der Waals surface area contributed by atoms with E-state index in [1.165, 1.54) is 21.0 Å². The van der Waals surface area contributed by atoms with Crippen molar-refractivity contribution in [3.8, 4) is 0 Å². The highest BCUT2D eigenvalue weighted by molar-refractivity contribution is 7.92. The van der Waals surface area contributed by atoms with Gasteiger partial charge in [-0.15, -0.1) is 0 Å². The predicted octanol–water partition coefficient (Wildman–Crippen LogP) is -0.792. The summed E-state index contributed by atoms with van der Waals surface area (Å²) >= 11 is 0. The molecule has 0 aromatic carbocycles. The zero-order valence-electron chi connectivity index (χ0n) is 11.4. The van der Waals surface area contributed by atoms with Gasteiger partial charge in [0.05, 0.1) is 11.3 Å². The lowest BCUT2D eigenvalue weighted by Gasteiger charge is -2.23. The Hall–Kier alpha value is -1.35. The second-order valence-corrected chi connectivity index (χ2v) is 7.31. The number of urea groups is 1. The van der Waals surface area contributed by atoms with Gasteiger partial charge in [-0.05, 0) is 13.8 Å². The smallest absolute Gasteiger partial charge is 0.334 e. The third kappa shape index (κ3) is 5.88. The van der Waals surface area contributed by atoms with E-state index in [0.29, 0.717) is 0 Å². The van der Waals surface area contributed by atoms with Crippen molar-refractivity contribution in [2.45, 2.75) is 24.7 Å². The molecule has 0 saturated carbocycles. The highest BCUT2D eigenvalue weighted by Crippen LogP contribution is 2.13. The summed E-state index contributed by atoms with van der Waals surface area (Å²) in [6.07, 6.45) is -0.0634. The Morgan fingerprint density at radius 3 is 2.21 bits per heavy atom. The van der Waals surface area contributed by atoms with Gasteiger partial charge in [0.15, 0.2) is 15.9 Å². The van der Waals surface area contributed by atoms with Crippen molar-refractivity contribution in [1.29, 1.82) is 0 Å². The molecule has 0 fully saturated rings. The Bertz CT molecular complexity index is 431. The van der Waals surface area contributed by atoms with Crippen LogP contribution in [0.4, 0.5) is 4.79 Å². The number of carboxylic acid groups (broad SMARTS) is 1. The lowest BCUT2D eigenvalue weighted by atomic mass is 10.2. The summed E-state index contributed by atoms with van der Waals surface area (Å²) in [7, 11) is -2.10. The normalized spacial score (nSPS) is 13.7. The molecule has 0 heterocycles. The first kappa shape index (κ1) is 17.6. The first-order valence-electron chi connectivity index (χ1n) is 5.48. The van der Waals surface area contributed by atoms with Crippen molar-refractivity contribution < 1.29 is 27.9 Å². The lowest BCUT2D eigenvalue weighted by Crippen LogP contribution is -2.49. The number of carboxylic acids is 1. The number of rotatable bonds is 7. The van der Waals surface area contributed by atoms with Crippen molar-refractivity contribution in [2.75, 3.05) is 26.5 Å². The van der Waals surface area contributed by atoms with E-state index in [4.69, 9.17) is 5.11 Å². The maximum atomic E-state index is 11.4. The average molecular weight is 296 g/mol. The standard InChI is InChI=1S/C10H20N2O6S/c1-10(2,19(4,16)17)6-12-9(15)11-5-7(18-3)8(13)14/h7H,5-6H2,1-4H3,(H,13,14)(H2,11,12,15). The number of methoxy groups -OCH3 is 1. The van der Waals surface area contributed by atoms with Crippen LogP contribution in [0.5, 0.6) is 0 Å². The van der Waals surface area contributed by atoms with Crippen molar-refractivity contribution in [3.63, 3.8) is 0 Å². The van der Waals surface area contributed by atoms with Crippen molar-refractivity contribution in [2.24, 2.45) is 0 Å². The third-order valence-electron chi connectivity index (χ3n) is 2.69. The Labute approximate surface area is 112 Å². The molecule has 1 atom stereocenters. The van der Waals surface area contributed by atoms with E-state index in [1.807, 2.05) is 0 Å². The maximum Gasteiger partial charge on any atom is 0.334 e. The molecule has 0 bridgehead atoms. The van der Waals surface area contributed by atoms with Gasteiger partial charge in [-0.3, -0.25) is 0 Å². The van der Waals surface area contributed by atoms with Gasteiger partial charge in [0.2, 0.25) is 0 Å². The van der Waals surface area contributed by atoms with Crippen LogP contribution >= 0.6 is 0 Å². The van der Waals surface area contributed by atoms with Crippen LogP contribution < -0.4 is 10.6 Å². The van der Waals surface area contributed by atoms with Gasteiger partial charge in [-0.1, -0.05) is 0 Å². The van der Waals surface area contributed by atoms with Crippen LogP contribution in [0.3, 0.4) is 0 Å². The molecule has 0 aromatic rings. The minimum absolute atomic E-state index is 0.0810. The summed E-state index contributed by atoms with van der Waals surface area (Å²) in [4.78, 5) is 22.0. The molecule has 19 heavy (non-hydrogen) atoms. The van der Waals surface area contributed by atoms with Gasteiger partial charge in [-0.2, -0.15) is 0 Å². The fraction of sp³-hybridized carbons (Fsp3) is 0.800. The molecule has 0 aliphatic carbocycles. The molecule has 0 saturated heterocycles. The molecule has 3 N–H and O–H groups in total. The van der Waals surface area contributed by atoms with E-state index in [0.717, 1.165) is 6.26 Å². The lowest BCUT2D eigenvalue weighted by molar-refractivity contribution is -0.147. The van der Waals surface area contributed by atoms with Crippen molar-refractivity contribution in [1.82, 2.24) is 10.6 Å². The second kappa shape index (κ2) is 6.71. The molecule has 2 amide bonds. The first-order chi connectivity index (χ1) is 8.51. The largest absolute Gasteiger partial charge is 0.479 e. The number of sulfone groups is 1. The second-order valence-electron chi connectivity index (χ2n) is 4.66. The molecule has 0 rings (SSSR count). The zero-order valence-corrected chi connectivity index (χ0v) is 12.2. The summed E-state index contributed by atoms with van der Waals surface area (Å²) in [5.74, 6) is -1.20. The Morgan fingerprint density at radius 2 is 1.84 bits per heavy atom. The molecule has 8 nitrogen and oxygen atoms in total. The molecule has 0 aliphatic rings. The molecule has 0 spiro atoms. The zero-order chi connectivity index (χ0) is 15.3. The van der Waals surface area contributed by atoms with Crippen LogP contribution in [0, 0.1) is 0 Å². The summed E-state index contributed by atoms with van der Waals surface area (Å²) in [5.41, 5.74) is 0. The van der Waals surface area contributed by atoms with E-state index in [2.05, 4.69) is 15.4 Å². The van der Waals surface area contributed by atoms with Crippen molar-refractivity contribution in [3.05, 3.63) is 0 Å². The van der Waals surface area contributed by atoms with Crippen LogP contribution in [-0.2, 0) is 19.4 Å². The van der Waals surface area contributed by atoms with Gasteiger partial charge in [-0.25, -0.2) is 18.0 Å². The van der Waals surface area contributed by atoms with Crippen molar-refractivity contribution >= 4 is 21.8 Å². The number of amides is 2. The topological polar surface area (TPSA) is 122 Å². The van der Waals surface area contributed by atoms with Gasteiger partial charge in [0.1, 0.15) is 0 Å². The number of ether oxygens (including phenoxy) is 1. The minimum atomic E-state index is -3.31. The Kier molecular flexibility index (Phi) is 6.23. The molecule has 0 radical (unpaired) electrons. The Balaban J connectivity index is 4.25. The fourth-order valence-electron chi connectivity index (χ4n) is 0.944. The molecule has 1 unspecified atom stereocenters. The van der Waals surface area contributed by atoms with Crippen LogP contribution in [0.25, 0.3) is 0 Å². The van der Waals surface area contributed by atoms with Crippen LogP contribution in [-0.4, -0.2) is 62.8 Å². The van der Waals surface area contributed by atoms with E-state index >= 15 is 0 Å². The number of aliphatic carboxylic acids is 1. The average Bonchev–Trinajstić information content (AvgIpc) is 2.25. The van der Waals surface area contributed by atoms with Gasteiger partial charge < -0.3 is 20.5 Å². The fourth-order valence-corrected chi connectivity index (χ4v) is 1.28. The number of carbonyl (C=O) groups excluding carboxylic acids is 1. The molecule has 112 valence electrons. The van der Waals surface area contributed by atoms with E-state index in [9.17, 15) is 18.0 Å². The highest BCUT2D eigenvalue weighted by atomic mass is 32.2. The quantitative estimate of drug-likeness (QED) is 0.566. The molecule has 0 aromatic heterocycles. The molecular weight excluding hydrogens is 276 g/mol. The summed E-state index contributed by atoms with van der Waals surface area (Å²) in [6.45, 7) is 2.68. The monoisotopic (exact) mass is 296 g/mol. The molecule has 0 aliphatic heterocycles. The summed E-state index contributed by atoms with van der Waals surface area (Å²) in [6, 6.07) is -0.653.